The number of piperidine rings is 1. The maximum Gasteiger partial charge on any atom is 0.146 e. The van der Waals surface area contributed by atoms with Crippen LogP contribution < -0.4 is 16.0 Å². The molecule has 0 saturated carbocycles. The van der Waals surface area contributed by atoms with E-state index in [2.05, 4.69) is 22.2 Å². The van der Waals surface area contributed by atoms with Crippen molar-refractivity contribution < 1.29 is 4.79 Å². The fourth-order valence-corrected chi connectivity index (χ4v) is 2.10. The van der Waals surface area contributed by atoms with Gasteiger partial charge in [0.15, 0.2) is 0 Å². The van der Waals surface area contributed by atoms with Crippen LogP contribution in [0.2, 0.25) is 0 Å². The Morgan fingerprint density at radius 3 is 2.71 bits per heavy atom. The van der Waals surface area contributed by atoms with Gasteiger partial charge >= 0.3 is 0 Å². The van der Waals surface area contributed by atoms with Gasteiger partial charge in [-0.25, -0.2) is 4.98 Å². The van der Waals surface area contributed by atoms with Crippen molar-refractivity contribution in [3.05, 3.63) is 18.3 Å². The summed E-state index contributed by atoms with van der Waals surface area (Å²) in [6.45, 7) is 4.18. The molecule has 0 spiro atoms. The average Bonchev–Trinajstić information content (AvgIpc) is 2.42. The molecule has 5 heteroatoms. The van der Waals surface area contributed by atoms with Crippen molar-refractivity contribution in [2.24, 2.45) is 0 Å². The third-order valence-corrected chi connectivity index (χ3v) is 3.05. The lowest BCUT2D eigenvalue weighted by Gasteiger charge is -2.33. The van der Waals surface area contributed by atoms with Gasteiger partial charge in [-0.3, -0.25) is 0 Å². The second-order valence-electron chi connectivity index (χ2n) is 4.00. The Bertz CT molecular complexity index is 339. The van der Waals surface area contributed by atoms with Crippen molar-refractivity contribution in [1.29, 1.82) is 0 Å². The molecule has 0 aliphatic carbocycles. The number of nitrogen functional groups attached to an aromatic ring is 1. The number of nitrogens with two attached hydrogens (primary N) is 1. The minimum Gasteiger partial charge on any atom is -0.382 e. The van der Waals surface area contributed by atoms with Crippen molar-refractivity contribution in [3.8, 4) is 0 Å². The highest BCUT2D eigenvalue weighted by atomic mass is 16.1. The highest BCUT2D eigenvalue weighted by Gasteiger charge is 2.19. The van der Waals surface area contributed by atoms with Crippen LogP contribution in [-0.4, -0.2) is 38.0 Å². The molecular weight excluding hydrogens is 216 g/mol. The minimum atomic E-state index is 0.581. The van der Waals surface area contributed by atoms with E-state index >= 15 is 0 Å². The Morgan fingerprint density at radius 1 is 1.47 bits per heavy atom. The molecule has 0 amide bonds. The number of nitrogens with zero attached hydrogens (tertiary/aromatic N) is 2. The van der Waals surface area contributed by atoms with Gasteiger partial charge in [0.2, 0.25) is 0 Å². The molecule has 1 aromatic heterocycles. The Labute approximate surface area is 102 Å². The third kappa shape index (κ3) is 3.42. The summed E-state index contributed by atoms with van der Waals surface area (Å²) in [4.78, 5) is 14.4. The van der Waals surface area contributed by atoms with Crippen LogP contribution in [0.25, 0.3) is 0 Å². The molecule has 0 atom stereocenters. The van der Waals surface area contributed by atoms with Gasteiger partial charge in [0.25, 0.3) is 0 Å². The van der Waals surface area contributed by atoms with Gasteiger partial charge < -0.3 is 20.7 Å². The van der Waals surface area contributed by atoms with Crippen molar-refractivity contribution in [1.82, 2.24) is 10.3 Å². The Kier molecular flexibility index (Phi) is 5.42. The second kappa shape index (κ2) is 6.85. The van der Waals surface area contributed by atoms with Crippen molar-refractivity contribution in [2.75, 3.05) is 30.8 Å². The number of anilines is 2. The van der Waals surface area contributed by atoms with Gasteiger partial charge in [-0.2, -0.15) is 0 Å². The SMILES string of the molecule is C=O.CN(c1cccnc1N)C1CCNCC1. The molecule has 0 radical (unpaired) electrons. The first-order valence-electron chi connectivity index (χ1n) is 5.72. The summed E-state index contributed by atoms with van der Waals surface area (Å²) in [6.07, 6.45) is 4.07. The number of hydrogen-bond donors (Lipinski definition) is 2. The van der Waals surface area contributed by atoms with E-state index in [4.69, 9.17) is 10.5 Å². The van der Waals surface area contributed by atoms with Crippen molar-refractivity contribution in [2.45, 2.75) is 18.9 Å². The smallest absolute Gasteiger partial charge is 0.146 e. The molecule has 0 aromatic carbocycles. The van der Waals surface area contributed by atoms with E-state index in [0.717, 1.165) is 18.8 Å². The molecule has 1 aliphatic heterocycles. The van der Waals surface area contributed by atoms with Crippen molar-refractivity contribution >= 4 is 18.3 Å². The Balaban J connectivity index is 0.000000686. The summed E-state index contributed by atoms with van der Waals surface area (Å²) in [6, 6.07) is 4.55. The van der Waals surface area contributed by atoms with E-state index in [9.17, 15) is 0 Å². The van der Waals surface area contributed by atoms with E-state index in [1.54, 1.807) is 6.20 Å². The molecular formula is C12H20N4O. The molecule has 1 fully saturated rings. The van der Waals surface area contributed by atoms with Gasteiger partial charge in [-0.15, -0.1) is 0 Å². The van der Waals surface area contributed by atoms with Crippen LogP contribution in [0, 0.1) is 0 Å². The van der Waals surface area contributed by atoms with Crippen LogP contribution >= 0.6 is 0 Å². The normalized spacial score (nSPS) is 15.8. The van der Waals surface area contributed by atoms with E-state index in [1.165, 1.54) is 12.8 Å². The third-order valence-electron chi connectivity index (χ3n) is 3.05. The first-order chi connectivity index (χ1) is 8.29. The highest BCUT2D eigenvalue weighted by Crippen LogP contribution is 2.23. The van der Waals surface area contributed by atoms with E-state index in [-0.39, 0.29) is 0 Å². The summed E-state index contributed by atoms with van der Waals surface area (Å²) in [5.41, 5.74) is 6.91. The molecule has 0 bridgehead atoms. The molecule has 0 unspecified atom stereocenters. The van der Waals surface area contributed by atoms with E-state index in [0.29, 0.717) is 11.9 Å². The fraction of sp³-hybridized carbons (Fsp3) is 0.500. The first kappa shape index (κ1) is 13.4. The summed E-state index contributed by atoms with van der Waals surface area (Å²) in [7, 11) is 2.10. The summed E-state index contributed by atoms with van der Waals surface area (Å²) < 4.78 is 0. The zero-order chi connectivity index (χ0) is 12.7. The van der Waals surface area contributed by atoms with Gasteiger partial charge in [0.1, 0.15) is 12.6 Å². The quantitative estimate of drug-likeness (QED) is 0.789. The van der Waals surface area contributed by atoms with E-state index < -0.39 is 0 Å². The number of aromatic nitrogens is 1. The van der Waals surface area contributed by atoms with Gasteiger partial charge in [-0.1, -0.05) is 0 Å². The van der Waals surface area contributed by atoms with Crippen LogP contribution in [0.4, 0.5) is 11.5 Å². The van der Waals surface area contributed by atoms with Crippen molar-refractivity contribution in [3.63, 3.8) is 0 Å². The summed E-state index contributed by atoms with van der Waals surface area (Å²) >= 11 is 0. The van der Waals surface area contributed by atoms with Crippen LogP contribution in [0.1, 0.15) is 12.8 Å². The zero-order valence-electron chi connectivity index (χ0n) is 10.2. The maximum absolute atomic E-state index is 8.00. The molecule has 17 heavy (non-hydrogen) atoms. The van der Waals surface area contributed by atoms with Gasteiger partial charge in [-0.05, 0) is 38.1 Å². The number of hydrogen-bond acceptors (Lipinski definition) is 5. The molecule has 2 heterocycles. The summed E-state index contributed by atoms with van der Waals surface area (Å²) in [5.74, 6) is 0.624. The lowest BCUT2D eigenvalue weighted by Crippen LogP contribution is -2.41. The zero-order valence-corrected chi connectivity index (χ0v) is 10.2. The number of carbonyl (C=O) groups excluding carboxylic acids is 1. The van der Waals surface area contributed by atoms with Crippen LogP contribution in [0.3, 0.4) is 0 Å². The van der Waals surface area contributed by atoms with Crippen LogP contribution in [0.15, 0.2) is 18.3 Å². The average molecular weight is 236 g/mol. The van der Waals surface area contributed by atoms with Gasteiger partial charge in [0, 0.05) is 19.3 Å². The molecule has 3 N–H and O–H groups in total. The van der Waals surface area contributed by atoms with Crippen LogP contribution in [-0.2, 0) is 4.79 Å². The molecule has 1 aliphatic rings. The second-order valence-corrected chi connectivity index (χ2v) is 4.00. The predicted octanol–water partition coefficient (Wildman–Crippen LogP) is 0.667. The molecule has 1 aromatic rings. The number of pyridine rings is 1. The molecule has 1 saturated heterocycles. The number of rotatable bonds is 2. The van der Waals surface area contributed by atoms with Gasteiger partial charge in [0.05, 0.1) is 5.69 Å². The molecule has 5 nitrogen and oxygen atoms in total. The number of nitrogens with one attached hydrogen (secondary N) is 1. The lowest BCUT2D eigenvalue weighted by molar-refractivity contribution is -0.0979. The summed E-state index contributed by atoms with van der Waals surface area (Å²) in [5, 5.41) is 3.36. The molecule has 94 valence electrons. The van der Waals surface area contributed by atoms with E-state index in [1.807, 2.05) is 18.9 Å². The molecule has 2 rings (SSSR count). The first-order valence-corrected chi connectivity index (χ1v) is 5.72. The largest absolute Gasteiger partial charge is 0.382 e. The highest BCUT2D eigenvalue weighted by molar-refractivity contribution is 5.63. The Morgan fingerprint density at radius 2 is 2.12 bits per heavy atom. The van der Waals surface area contributed by atoms with Crippen LogP contribution in [0.5, 0.6) is 0 Å². The fourth-order valence-electron chi connectivity index (χ4n) is 2.10. The monoisotopic (exact) mass is 236 g/mol. The lowest BCUT2D eigenvalue weighted by atomic mass is 10.0. The minimum absolute atomic E-state index is 0.581. The standard InChI is InChI=1S/C11H18N4.CH2O/c1-15(9-4-7-13-8-5-9)10-3-2-6-14-11(10)12;1-2/h2-3,6,9,13H,4-5,7-8H2,1H3,(H2,12,14);1H2. The predicted molar refractivity (Wildman–Crippen MR) is 70.1 cm³/mol. The topological polar surface area (TPSA) is 71.2 Å². The number of carbonyl (C=O) groups is 1. The Hall–Kier alpha value is -1.62. The maximum atomic E-state index is 8.00.